The molecule has 100 valence electrons. The van der Waals surface area contributed by atoms with Crippen molar-refractivity contribution in [1.29, 1.82) is 0 Å². The zero-order valence-electron chi connectivity index (χ0n) is 10.5. The summed E-state index contributed by atoms with van der Waals surface area (Å²) in [6, 6.07) is 3.53. The Hall–Kier alpha value is 0.0500. The summed E-state index contributed by atoms with van der Waals surface area (Å²) >= 11 is 18.3. The van der Waals surface area contributed by atoms with Gasteiger partial charge in [-0.2, -0.15) is 0 Å². The Morgan fingerprint density at radius 3 is 2.44 bits per heavy atom. The third-order valence-corrected chi connectivity index (χ3v) is 4.88. The summed E-state index contributed by atoms with van der Waals surface area (Å²) in [4.78, 5) is 0. The van der Waals surface area contributed by atoms with Crippen LogP contribution < -0.4 is 5.32 Å². The van der Waals surface area contributed by atoms with Crippen LogP contribution in [0.1, 0.15) is 38.2 Å². The molecule has 1 saturated carbocycles. The van der Waals surface area contributed by atoms with Crippen molar-refractivity contribution in [1.82, 2.24) is 5.32 Å². The maximum Gasteiger partial charge on any atom is 0.0652 e. The van der Waals surface area contributed by atoms with Gasteiger partial charge in [-0.3, -0.25) is 0 Å². The van der Waals surface area contributed by atoms with Crippen molar-refractivity contribution in [2.45, 2.75) is 39.2 Å². The van der Waals surface area contributed by atoms with E-state index in [1.807, 2.05) is 0 Å². The van der Waals surface area contributed by atoms with E-state index in [2.05, 4.69) is 12.2 Å². The molecule has 1 aliphatic carbocycles. The fraction of sp³-hybridized carbons (Fsp3) is 0.571. The highest BCUT2D eigenvalue weighted by molar-refractivity contribution is 6.44. The highest BCUT2D eigenvalue weighted by atomic mass is 35.5. The summed E-state index contributed by atoms with van der Waals surface area (Å²) in [6.07, 6.45) is 5.23. The monoisotopic (exact) mass is 305 g/mol. The lowest BCUT2D eigenvalue weighted by Crippen LogP contribution is -2.23. The minimum Gasteiger partial charge on any atom is -0.312 e. The zero-order valence-corrected chi connectivity index (χ0v) is 12.8. The molecule has 2 rings (SSSR count). The molecule has 18 heavy (non-hydrogen) atoms. The second kappa shape index (κ2) is 6.00. The van der Waals surface area contributed by atoms with E-state index in [1.165, 1.54) is 25.7 Å². The van der Waals surface area contributed by atoms with Gasteiger partial charge in [0, 0.05) is 23.7 Å². The minimum atomic E-state index is 0.534. The SMILES string of the molecule is CCCC1(CNCc2c(Cl)ccc(Cl)c2Cl)CC1. The van der Waals surface area contributed by atoms with Gasteiger partial charge in [-0.05, 0) is 36.8 Å². The number of hydrogen-bond donors (Lipinski definition) is 1. The van der Waals surface area contributed by atoms with E-state index < -0.39 is 0 Å². The normalized spacial score (nSPS) is 16.9. The van der Waals surface area contributed by atoms with Gasteiger partial charge in [0.05, 0.1) is 10.0 Å². The summed E-state index contributed by atoms with van der Waals surface area (Å²) in [6.45, 7) is 3.97. The molecule has 0 aliphatic heterocycles. The smallest absolute Gasteiger partial charge is 0.0652 e. The first-order valence-corrected chi connectivity index (χ1v) is 7.54. The molecule has 0 aromatic heterocycles. The highest BCUT2D eigenvalue weighted by Crippen LogP contribution is 2.49. The van der Waals surface area contributed by atoms with Crippen molar-refractivity contribution in [3.8, 4) is 0 Å². The molecule has 0 heterocycles. The lowest BCUT2D eigenvalue weighted by atomic mass is 10.0. The molecule has 0 atom stereocenters. The van der Waals surface area contributed by atoms with Crippen molar-refractivity contribution in [2.24, 2.45) is 5.41 Å². The molecule has 1 fully saturated rings. The Bertz CT molecular complexity index is 427. The van der Waals surface area contributed by atoms with Crippen LogP contribution in [0.3, 0.4) is 0 Å². The standard InChI is InChI=1S/C14H18Cl3N/c1-2-5-14(6-7-14)9-18-8-10-11(15)3-4-12(16)13(10)17/h3-4,18H,2,5-9H2,1H3. The number of benzene rings is 1. The number of rotatable bonds is 6. The zero-order chi connectivity index (χ0) is 13.2. The molecule has 0 unspecified atom stereocenters. The van der Waals surface area contributed by atoms with Crippen molar-refractivity contribution in [3.63, 3.8) is 0 Å². The summed E-state index contributed by atoms with van der Waals surface area (Å²) in [5, 5.41) is 5.28. The van der Waals surface area contributed by atoms with Crippen molar-refractivity contribution >= 4 is 34.8 Å². The second-order valence-corrected chi connectivity index (χ2v) is 6.37. The Kier molecular flexibility index (Phi) is 4.82. The molecular formula is C14H18Cl3N. The van der Waals surface area contributed by atoms with Crippen LogP contribution in [-0.2, 0) is 6.54 Å². The predicted molar refractivity (Wildman–Crippen MR) is 79.8 cm³/mol. The molecule has 4 heteroatoms. The van der Waals surface area contributed by atoms with Gasteiger partial charge in [-0.15, -0.1) is 0 Å². The van der Waals surface area contributed by atoms with Gasteiger partial charge in [0.25, 0.3) is 0 Å². The lowest BCUT2D eigenvalue weighted by Gasteiger charge is -2.16. The minimum absolute atomic E-state index is 0.534. The molecule has 0 radical (unpaired) electrons. The first kappa shape index (κ1) is 14.5. The van der Waals surface area contributed by atoms with Crippen LogP contribution in [0.15, 0.2) is 12.1 Å². The third-order valence-electron chi connectivity index (χ3n) is 3.68. The van der Waals surface area contributed by atoms with Crippen molar-refractivity contribution in [2.75, 3.05) is 6.54 Å². The average molecular weight is 307 g/mol. The quantitative estimate of drug-likeness (QED) is 0.702. The molecule has 1 nitrogen and oxygen atoms in total. The molecule has 0 saturated heterocycles. The van der Waals surface area contributed by atoms with Crippen LogP contribution in [0.25, 0.3) is 0 Å². The van der Waals surface area contributed by atoms with E-state index >= 15 is 0 Å². The maximum absolute atomic E-state index is 6.17. The van der Waals surface area contributed by atoms with Crippen LogP contribution in [0.5, 0.6) is 0 Å². The lowest BCUT2D eigenvalue weighted by molar-refractivity contribution is 0.421. The van der Waals surface area contributed by atoms with E-state index in [9.17, 15) is 0 Å². The Balaban J connectivity index is 1.93. The Morgan fingerprint density at radius 2 is 1.83 bits per heavy atom. The van der Waals surface area contributed by atoms with E-state index in [0.29, 0.717) is 27.0 Å². The van der Waals surface area contributed by atoms with Crippen LogP contribution in [-0.4, -0.2) is 6.54 Å². The Morgan fingerprint density at radius 1 is 1.17 bits per heavy atom. The summed E-state index contributed by atoms with van der Waals surface area (Å²) in [7, 11) is 0. The van der Waals surface area contributed by atoms with Crippen LogP contribution in [0, 0.1) is 5.41 Å². The number of hydrogen-bond acceptors (Lipinski definition) is 1. The maximum atomic E-state index is 6.17. The van der Waals surface area contributed by atoms with Gasteiger partial charge in [0.1, 0.15) is 0 Å². The van der Waals surface area contributed by atoms with Crippen LogP contribution in [0.2, 0.25) is 15.1 Å². The Labute approximate surface area is 124 Å². The molecule has 1 aromatic rings. The molecule has 1 aliphatic rings. The van der Waals surface area contributed by atoms with E-state index in [-0.39, 0.29) is 0 Å². The van der Waals surface area contributed by atoms with Gasteiger partial charge in [-0.1, -0.05) is 48.1 Å². The first-order chi connectivity index (χ1) is 8.58. The van der Waals surface area contributed by atoms with Gasteiger partial charge >= 0.3 is 0 Å². The summed E-state index contributed by atoms with van der Waals surface area (Å²) in [5.41, 5.74) is 1.44. The van der Waals surface area contributed by atoms with E-state index in [0.717, 1.165) is 12.1 Å². The predicted octanol–water partition coefficient (Wildman–Crippen LogP) is 5.32. The number of nitrogens with one attached hydrogen (secondary N) is 1. The van der Waals surface area contributed by atoms with Gasteiger partial charge in [0.2, 0.25) is 0 Å². The van der Waals surface area contributed by atoms with Crippen LogP contribution in [0.4, 0.5) is 0 Å². The summed E-state index contributed by atoms with van der Waals surface area (Å²) < 4.78 is 0. The fourth-order valence-corrected chi connectivity index (χ4v) is 3.09. The first-order valence-electron chi connectivity index (χ1n) is 6.41. The van der Waals surface area contributed by atoms with Crippen molar-refractivity contribution < 1.29 is 0 Å². The average Bonchev–Trinajstić information content (AvgIpc) is 3.09. The molecule has 1 N–H and O–H groups in total. The molecule has 0 spiro atoms. The van der Waals surface area contributed by atoms with Crippen molar-refractivity contribution in [3.05, 3.63) is 32.8 Å². The highest BCUT2D eigenvalue weighted by Gasteiger charge is 2.40. The fourth-order valence-electron chi connectivity index (χ4n) is 2.41. The van der Waals surface area contributed by atoms with Gasteiger partial charge in [0.15, 0.2) is 0 Å². The number of halogens is 3. The van der Waals surface area contributed by atoms with Gasteiger partial charge in [-0.25, -0.2) is 0 Å². The molecular weight excluding hydrogens is 289 g/mol. The largest absolute Gasteiger partial charge is 0.312 e. The molecule has 1 aromatic carbocycles. The van der Waals surface area contributed by atoms with Gasteiger partial charge < -0.3 is 5.32 Å². The van der Waals surface area contributed by atoms with Crippen LogP contribution >= 0.6 is 34.8 Å². The second-order valence-electron chi connectivity index (χ2n) is 5.18. The third kappa shape index (κ3) is 3.33. The van der Waals surface area contributed by atoms with E-state index in [1.54, 1.807) is 12.1 Å². The summed E-state index contributed by atoms with van der Waals surface area (Å²) in [5.74, 6) is 0. The van der Waals surface area contributed by atoms with E-state index in [4.69, 9.17) is 34.8 Å². The topological polar surface area (TPSA) is 12.0 Å². The molecule has 0 bridgehead atoms. The molecule has 0 amide bonds.